The summed E-state index contributed by atoms with van der Waals surface area (Å²) in [5.41, 5.74) is 0.935. The minimum Gasteiger partial charge on any atom is -0.465 e. The van der Waals surface area contributed by atoms with Gasteiger partial charge in [-0.2, -0.15) is 0 Å². The van der Waals surface area contributed by atoms with Gasteiger partial charge in [0, 0.05) is 13.1 Å². The van der Waals surface area contributed by atoms with Crippen molar-refractivity contribution in [2.45, 2.75) is 24.2 Å². The number of anilines is 1. The lowest BCUT2D eigenvalue weighted by Gasteiger charge is -2.30. The van der Waals surface area contributed by atoms with Gasteiger partial charge < -0.3 is 9.64 Å². The summed E-state index contributed by atoms with van der Waals surface area (Å²) in [6.07, 6.45) is 3.27. The minimum absolute atomic E-state index is 0.0846. The van der Waals surface area contributed by atoms with Crippen molar-refractivity contribution >= 4 is 21.7 Å². The van der Waals surface area contributed by atoms with E-state index >= 15 is 0 Å². The van der Waals surface area contributed by atoms with Crippen LogP contribution in [0.25, 0.3) is 0 Å². The Labute approximate surface area is 118 Å². The van der Waals surface area contributed by atoms with Crippen LogP contribution in [0.5, 0.6) is 0 Å². The number of nitrogens with zero attached hydrogens (tertiary/aromatic N) is 1. The van der Waals surface area contributed by atoms with Gasteiger partial charge in [-0.15, -0.1) is 0 Å². The molecule has 1 aliphatic rings. The molecule has 1 heterocycles. The fourth-order valence-corrected chi connectivity index (χ4v) is 2.92. The summed E-state index contributed by atoms with van der Waals surface area (Å²) < 4.78 is 27.5. The molecular weight excluding hydrogens is 280 g/mol. The highest BCUT2D eigenvalue weighted by Crippen LogP contribution is 2.27. The molecule has 0 aromatic heterocycles. The second-order valence-corrected chi connectivity index (χ2v) is 6.32. The number of carbonyl (C=O) groups is 1. The van der Waals surface area contributed by atoms with Crippen molar-refractivity contribution < 1.29 is 17.9 Å². The Hall–Kier alpha value is -1.60. The third kappa shape index (κ3) is 3.10. The molecule has 2 N–H and O–H groups in total. The van der Waals surface area contributed by atoms with Crippen LogP contribution in [0.4, 0.5) is 5.69 Å². The number of hydrogen-bond donors (Lipinski definition) is 1. The van der Waals surface area contributed by atoms with Crippen LogP contribution in [0.3, 0.4) is 0 Å². The number of benzene rings is 1. The third-order valence-corrected chi connectivity index (χ3v) is 4.31. The molecule has 0 radical (unpaired) electrons. The first-order valence-electron chi connectivity index (χ1n) is 6.43. The van der Waals surface area contributed by atoms with Gasteiger partial charge in [0.1, 0.15) is 0 Å². The lowest BCUT2D eigenvalue weighted by atomic mass is 10.1. The molecule has 20 heavy (non-hydrogen) atoms. The maximum absolute atomic E-state index is 11.9. The third-order valence-electron chi connectivity index (χ3n) is 3.40. The highest BCUT2D eigenvalue weighted by molar-refractivity contribution is 7.89. The van der Waals surface area contributed by atoms with Gasteiger partial charge in [-0.05, 0) is 37.5 Å². The number of piperidine rings is 1. The second kappa shape index (κ2) is 5.80. The molecule has 1 aromatic rings. The Kier molecular flexibility index (Phi) is 4.29. The monoisotopic (exact) mass is 298 g/mol. The lowest BCUT2D eigenvalue weighted by Crippen LogP contribution is -2.31. The molecule has 110 valence electrons. The van der Waals surface area contributed by atoms with Gasteiger partial charge in [0.05, 0.1) is 23.3 Å². The summed E-state index contributed by atoms with van der Waals surface area (Å²) in [5.74, 6) is -0.559. The van der Waals surface area contributed by atoms with Gasteiger partial charge in [0.15, 0.2) is 0 Å². The van der Waals surface area contributed by atoms with Gasteiger partial charge in [0.2, 0.25) is 10.0 Å². The Morgan fingerprint density at radius 1 is 1.25 bits per heavy atom. The molecule has 1 fully saturated rings. The van der Waals surface area contributed by atoms with Gasteiger partial charge in [-0.25, -0.2) is 18.4 Å². The van der Waals surface area contributed by atoms with Crippen molar-refractivity contribution in [3.63, 3.8) is 0 Å². The summed E-state index contributed by atoms with van der Waals surface area (Å²) in [6, 6.07) is 4.33. The molecule has 0 unspecified atom stereocenters. The molecule has 0 spiro atoms. The van der Waals surface area contributed by atoms with Crippen molar-refractivity contribution in [2.75, 3.05) is 25.1 Å². The van der Waals surface area contributed by atoms with E-state index in [9.17, 15) is 13.2 Å². The number of sulfonamides is 1. The number of hydrogen-bond acceptors (Lipinski definition) is 5. The number of nitrogens with two attached hydrogens (primary N) is 1. The largest absolute Gasteiger partial charge is 0.465 e. The Morgan fingerprint density at radius 3 is 2.45 bits per heavy atom. The van der Waals surface area contributed by atoms with E-state index in [-0.39, 0.29) is 10.5 Å². The zero-order valence-corrected chi connectivity index (χ0v) is 12.1. The zero-order chi connectivity index (χ0) is 14.8. The molecule has 1 saturated heterocycles. The van der Waals surface area contributed by atoms with Gasteiger partial charge >= 0.3 is 5.97 Å². The topological polar surface area (TPSA) is 89.7 Å². The predicted octanol–water partition coefficient (Wildman–Crippen LogP) is 1.11. The Morgan fingerprint density at radius 2 is 1.90 bits per heavy atom. The van der Waals surface area contributed by atoms with E-state index in [1.807, 2.05) is 0 Å². The highest BCUT2D eigenvalue weighted by Gasteiger charge is 2.21. The van der Waals surface area contributed by atoms with Crippen molar-refractivity contribution in [1.82, 2.24) is 0 Å². The maximum atomic E-state index is 11.9. The molecule has 7 heteroatoms. The zero-order valence-electron chi connectivity index (χ0n) is 11.3. The van der Waals surface area contributed by atoms with E-state index in [1.165, 1.54) is 25.7 Å². The van der Waals surface area contributed by atoms with Crippen molar-refractivity contribution in [3.05, 3.63) is 23.8 Å². The number of methoxy groups -OCH3 is 1. The molecule has 1 aliphatic heterocycles. The van der Waals surface area contributed by atoms with Gasteiger partial charge in [-0.1, -0.05) is 0 Å². The summed E-state index contributed by atoms with van der Waals surface area (Å²) in [5, 5.41) is 5.10. The van der Waals surface area contributed by atoms with E-state index in [0.717, 1.165) is 25.9 Å². The fraction of sp³-hybridized carbons (Fsp3) is 0.462. The van der Waals surface area contributed by atoms with Crippen LogP contribution in [0.1, 0.15) is 29.6 Å². The molecule has 0 saturated carbocycles. The number of esters is 1. The Balaban J connectivity index is 2.47. The molecule has 2 rings (SSSR count). The first-order chi connectivity index (χ1) is 9.43. The van der Waals surface area contributed by atoms with Crippen molar-refractivity contribution in [1.29, 1.82) is 0 Å². The van der Waals surface area contributed by atoms with Crippen LogP contribution in [0, 0.1) is 0 Å². The molecule has 1 aromatic carbocycles. The van der Waals surface area contributed by atoms with Gasteiger partial charge in [-0.3, -0.25) is 0 Å². The SMILES string of the molecule is COC(=O)c1cc(S(N)(=O)=O)ccc1N1CCCCC1. The standard InChI is InChI=1S/C13H18N2O4S/c1-19-13(16)11-9-10(20(14,17)18)5-6-12(11)15-7-3-2-4-8-15/h5-6,9H,2-4,7-8H2,1H3,(H2,14,17,18). The summed E-state index contributed by atoms with van der Waals surface area (Å²) in [4.78, 5) is 13.9. The van der Waals surface area contributed by atoms with Crippen molar-refractivity contribution in [2.24, 2.45) is 5.14 Å². The van der Waals surface area contributed by atoms with E-state index in [2.05, 4.69) is 4.90 Å². The van der Waals surface area contributed by atoms with Crippen LogP contribution in [-0.2, 0) is 14.8 Å². The molecule has 6 nitrogen and oxygen atoms in total. The first kappa shape index (κ1) is 14.8. The molecule has 0 aliphatic carbocycles. The quantitative estimate of drug-likeness (QED) is 0.844. The smallest absolute Gasteiger partial charge is 0.340 e. The second-order valence-electron chi connectivity index (χ2n) is 4.76. The summed E-state index contributed by atoms with van der Waals surface area (Å²) >= 11 is 0. The molecule has 0 amide bonds. The normalized spacial score (nSPS) is 16.0. The maximum Gasteiger partial charge on any atom is 0.340 e. The van der Waals surface area contributed by atoms with Crippen molar-refractivity contribution in [3.8, 4) is 0 Å². The summed E-state index contributed by atoms with van der Waals surface area (Å²) in [6.45, 7) is 1.69. The fourth-order valence-electron chi connectivity index (χ4n) is 2.38. The predicted molar refractivity (Wildman–Crippen MR) is 75.2 cm³/mol. The van der Waals surface area contributed by atoms with E-state index < -0.39 is 16.0 Å². The number of carbonyl (C=O) groups excluding carboxylic acids is 1. The Bertz CT molecular complexity index is 607. The number of rotatable bonds is 3. The molecule has 0 atom stereocenters. The van der Waals surface area contributed by atoms with Crippen LogP contribution in [0.2, 0.25) is 0 Å². The molecular formula is C13H18N2O4S. The average molecular weight is 298 g/mol. The van der Waals surface area contributed by atoms with E-state index in [4.69, 9.17) is 9.88 Å². The minimum atomic E-state index is -3.84. The number of primary sulfonamides is 1. The van der Waals surface area contributed by atoms with Crippen LogP contribution in [-0.4, -0.2) is 34.6 Å². The number of ether oxygens (including phenoxy) is 1. The van der Waals surface area contributed by atoms with Crippen LogP contribution >= 0.6 is 0 Å². The molecule has 0 bridgehead atoms. The van der Waals surface area contributed by atoms with Crippen LogP contribution in [0.15, 0.2) is 23.1 Å². The first-order valence-corrected chi connectivity index (χ1v) is 7.98. The lowest BCUT2D eigenvalue weighted by molar-refractivity contribution is 0.0601. The van der Waals surface area contributed by atoms with E-state index in [0.29, 0.717) is 5.69 Å². The van der Waals surface area contributed by atoms with Gasteiger partial charge in [0.25, 0.3) is 0 Å². The van der Waals surface area contributed by atoms with Crippen LogP contribution < -0.4 is 10.0 Å². The van der Waals surface area contributed by atoms with E-state index in [1.54, 1.807) is 6.07 Å². The summed E-state index contributed by atoms with van der Waals surface area (Å²) in [7, 11) is -2.57. The average Bonchev–Trinajstić information content (AvgIpc) is 2.45. The highest BCUT2D eigenvalue weighted by atomic mass is 32.2.